The third-order valence-electron chi connectivity index (χ3n) is 3.07. The number of fused-ring (bicyclic) bond motifs is 1. The van der Waals surface area contributed by atoms with Gasteiger partial charge in [0, 0.05) is 24.3 Å². The van der Waals surface area contributed by atoms with Crippen molar-refractivity contribution < 1.29 is 9.53 Å². The Balaban J connectivity index is 1.74. The van der Waals surface area contributed by atoms with Crippen molar-refractivity contribution in [2.24, 2.45) is 0 Å². The Morgan fingerprint density at radius 1 is 1.09 bits per heavy atom. The lowest BCUT2D eigenvalue weighted by Gasteiger charge is -2.10. The van der Waals surface area contributed by atoms with Crippen molar-refractivity contribution in [3.63, 3.8) is 0 Å². The van der Waals surface area contributed by atoms with Gasteiger partial charge in [-0.2, -0.15) is 0 Å². The molecule has 0 bridgehead atoms. The molecule has 0 aliphatic rings. The molecule has 3 rings (SSSR count). The number of anilines is 1. The fourth-order valence-electron chi connectivity index (χ4n) is 2.07. The minimum atomic E-state index is -0.248. The van der Waals surface area contributed by atoms with Gasteiger partial charge in [-0.25, -0.2) is 9.97 Å². The Morgan fingerprint density at radius 3 is 2.57 bits per heavy atom. The quantitative estimate of drug-likeness (QED) is 0.801. The van der Waals surface area contributed by atoms with Gasteiger partial charge in [0.2, 0.25) is 0 Å². The maximum atomic E-state index is 12.3. The molecule has 1 N–H and O–H groups in total. The average Bonchev–Trinajstić information content (AvgIpc) is 2.55. The number of nitrogens with one attached hydrogen (secondary N) is 1. The lowest BCUT2D eigenvalue weighted by atomic mass is 10.2. The van der Waals surface area contributed by atoms with E-state index in [-0.39, 0.29) is 12.0 Å². The summed E-state index contributed by atoms with van der Waals surface area (Å²) in [6.07, 6.45) is 4.73. The summed E-state index contributed by atoms with van der Waals surface area (Å²) >= 11 is 0. The highest BCUT2D eigenvalue weighted by Gasteiger charge is 2.09. The number of hydrogen-bond donors (Lipinski definition) is 1. The standard InChI is InChI=1S/C17H16N4O2/c1-11(2)23-14-5-3-13(4-6-14)21-17(22)12-9-15-16(20-10-12)19-8-7-18-15/h3-11H,1-2H3,(H,21,22). The lowest BCUT2D eigenvalue weighted by molar-refractivity contribution is 0.102. The van der Waals surface area contributed by atoms with Gasteiger partial charge in [0.05, 0.1) is 11.7 Å². The number of rotatable bonds is 4. The number of benzene rings is 1. The normalized spacial score (nSPS) is 10.7. The molecule has 2 heterocycles. The van der Waals surface area contributed by atoms with E-state index in [1.807, 2.05) is 26.0 Å². The van der Waals surface area contributed by atoms with Crippen LogP contribution >= 0.6 is 0 Å². The summed E-state index contributed by atoms with van der Waals surface area (Å²) in [6.45, 7) is 3.93. The highest BCUT2D eigenvalue weighted by atomic mass is 16.5. The minimum Gasteiger partial charge on any atom is -0.491 e. The van der Waals surface area contributed by atoms with Crippen LogP contribution in [0.15, 0.2) is 48.9 Å². The fourth-order valence-corrected chi connectivity index (χ4v) is 2.07. The molecule has 0 spiro atoms. The van der Waals surface area contributed by atoms with Crippen molar-refractivity contribution >= 4 is 22.8 Å². The molecule has 6 nitrogen and oxygen atoms in total. The van der Waals surface area contributed by atoms with Crippen LogP contribution in [0.2, 0.25) is 0 Å². The van der Waals surface area contributed by atoms with Crippen LogP contribution in [-0.2, 0) is 0 Å². The topological polar surface area (TPSA) is 77.0 Å². The monoisotopic (exact) mass is 308 g/mol. The van der Waals surface area contributed by atoms with E-state index in [0.717, 1.165) is 5.75 Å². The van der Waals surface area contributed by atoms with Crippen LogP contribution in [0.25, 0.3) is 11.2 Å². The van der Waals surface area contributed by atoms with Crippen molar-refractivity contribution in [1.82, 2.24) is 15.0 Å². The predicted octanol–water partition coefficient (Wildman–Crippen LogP) is 3.06. The van der Waals surface area contributed by atoms with Crippen LogP contribution in [0, 0.1) is 0 Å². The molecule has 0 saturated carbocycles. The van der Waals surface area contributed by atoms with Crippen LogP contribution in [0.3, 0.4) is 0 Å². The van der Waals surface area contributed by atoms with E-state index >= 15 is 0 Å². The molecular weight excluding hydrogens is 292 g/mol. The van der Waals surface area contributed by atoms with E-state index in [1.165, 1.54) is 6.20 Å². The second kappa shape index (κ2) is 6.39. The number of carbonyl (C=O) groups excluding carboxylic acids is 1. The van der Waals surface area contributed by atoms with E-state index in [4.69, 9.17) is 4.74 Å². The molecule has 1 amide bonds. The van der Waals surface area contributed by atoms with Crippen LogP contribution < -0.4 is 10.1 Å². The minimum absolute atomic E-state index is 0.111. The molecule has 1 aromatic carbocycles. The maximum Gasteiger partial charge on any atom is 0.257 e. The van der Waals surface area contributed by atoms with E-state index in [1.54, 1.807) is 30.6 Å². The van der Waals surface area contributed by atoms with E-state index in [9.17, 15) is 4.79 Å². The number of ether oxygens (including phenoxy) is 1. The van der Waals surface area contributed by atoms with Gasteiger partial charge in [0.1, 0.15) is 11.3 Å². The predicted molar refractivity (Wildman–Crippen MR) is 87.5 cm³/mol. The van der Waals surface area contributed by atoms with E-state index in [0.29, 0.717) is 22.4 Å². The van der Waals surface area contributed by atoms with Crippen molar-refractivity contribution in [2.75, 3.05) is 5.32 Å². The van der Waals surface area contributed by atoms with Crippen LogP contribution in [0.1, 0.15) is 24.2 Å². The zero-order chi connectivity index (χ0) is 16.2. The summed E-state index contributed by atoms with van der Waals surface area (Å²) < 4.78 is 5.57. The molecule has 6 heteroatoms. The SMILES string of the molecule is CC(C)Oc1ccc(NC(=O)c2cnc3nccnc3c2)cc1. The molecule has 3 aromatic rings. The van der Waals surface area contributed by atoms with E-state index < -0.39 is 0 Å². The first kappa shape index (κ1) is 14.9. The summed E-state index contributed by atoms with van der Waals surface area (Å²) in [5.74, 6) is 0.517. The molecule has 0 aliphatic carbocycles. The number of hydrogen-bond acceptors (Lipinski definition) is 5. The highest BCUT2D eigenvalue weighted by molar-refractivity contribution is 6.05. The Kier molecular flexibility index (Phi) is 4.14. The molecule has 0 fully saturated rings. The van der Waals surface area contributed by atoms with Gasteiger partial charge in [-0.05, 0) is 44.2 Å². The first-order valence-electron chi connectivity index (χ1n) is 7.26. The Hall–Kier alpha value is -3.02. The first-order chi connectivity index (χ1) is 11.1. The molecule has 0 atom stereocenters. The molecule has 0 radical (unpaired) electrons. The van der Waals surface area contributed by atoms with Crippen molar-refractivity contribution in [1.29, 1.82) is 0 Å². The van der Waals surface area contributed by atoms with Gasteiger partial charge in [-0.15, -0.1) is 0 Å². The zero-order valence-corrected chi connectivity index (χ0v) is 12.9. The number of nitrogens with zero attached hydrogens (tertiary/aromatic N) is 3. The van der Waals surface area contributed by atoms with Crippen LogP contribution in [-0.4, -0.2) is 27.0 Å². The highest BCUT2D eigenvalue weighted by Crippen LogP contribution is 2.18. The molecular formula is C17H16N4O2. The lowest BCUT2D eigenvalue weighted by Crippen LogP contribution is -2.12. The van der Waals surface area contributed by atoms with Gasteiger partial charge in [0.25, 0.3) is 5.91 Å². The number of amides is 1. The molecule has 23 heavy (non-hydrogen) atoms. The molecule has 0 saturated heterocycles. The fraction of sp³-hybridized carbons (Fsp3) is 0.176. The second-order valence-electron chi connectivity index (χ2n) is 5.27. The van der Waals surface area contributed by atoms with Crippen LogP contribution in [0.4, 0.5) is 5.69 Å². The maximum absolute atomic E-state index is 12.3. The summed E-state index contributed by atoms with van der Waals surface area (Å²) in [6, 6.07) is 8.90. The average molecular weight is 308 g/mol. The Bertz CT molecular complexity index is 831. The van der Waals surface area contributed by atoms with Crippen molar-refractivity contribution in [3.8, 4) is 5.75 Å². The number of aromatic nitrogens is 3. The molecule has 116 valence electrons. The largest absolute Gasteiger partial charge is 0.491 e. The Morgan fingerprint density at radius 2 is 1.83 bits per heavy atom. The summed E-state index contributed by atoms with van der Waals surface area (Å²) in [4.78, 5) is 24.7. The summed E-state index contributed by atoms with van der Waals surface area (Å²) in [5.41, 5.74) is 2.21. The zero-order valence-electron chi connectivity index (χ0n) is 12.9. The van der Waals surface area contributed by atoms with E-state index in [2.05, 4.69) is 20.3 Å². The molecule has 0 aliphatic heterocycles. The second-order valence-corrected chi connectivity index (χ2v) is 5.27. The molecule has 2 aromatic heterocycles. The number of carbonyl (C=O) groups is 1. The summed E-state index contributed by atoms with van der Waals surface area (Å²) in [7, 11) is 0. The van der Waals surface area contributed by atoms with Gasteiger partial charge < -0.3 is 10.1 Å². The van der Waals surface area contributed by atoms with Crippen molar-refractivity contribution in [3.05, 3.63) is 54.5 Å². The van der Waals surface area contributed by atoms with Crippen molar-refractivity contribution in [2.45, 2.75) is 20.0 Å². The molecule has 0 unspecified atom stereocenters. The number of pyridine rings is 1. The third-order valence-corrected chi connectivity index (χ3v) is 3.07. The first-order valence-corrected chi connectivity index (χ1v) is 7.26. The Labute approximate surface area is 133 Å². The summed E-state index contributed by atoms with van der Waals surface area (Å²) in [5, 5.41) is 2.82. The van der Waals surface area contributed by atoms with Gasteiger partial charge in [-0.3, -0.25) is 9.78 Å². The third kappa shape index (κ3) is 3.60. The van der Waals surface area contributed by atoms with Gasteiger partial charge in [-0.1, -0.05) is 0 Å². The van der Waals surface area contributed by atoms with Gasteiger partial charge >= 0.3 is 0 Å². The smallest absolute Gasteiger partial charge is 0.257 e. The van der Waals surface area contributed by atoms with Crippen LogP contribution in [0.5, 0.6) is 5.75 Å². The van der Waals surface area contributed by atoms with Gasteiger partial charge in [0.15, 0.2) is 5.65 Å².